The fourth-order valence-corrected chi connectivity index (χ4v) is 2.67. The van der Waals surface area contributed by atoms with Gasteiger partial charge in [0.25, 0.3) is 0 Å². The largest absolute Gasteiger partial charge is 0.332 e. The van der Waals surface area contributed by atoms with Gasteiger partial charge in [-0.25, -0.2) is 0 Å². The SMILES string of the molecule is CCCOP1OCC(CC)(CC)CO1. The third-order valence-corrected chi connectivity index (χ3v) is 3.93. The maximum Gasteiger partial charge on any atom is 0.332 e. The van der Waals surface area contributed by atoms with Crippen LogP contribution in [0.5, 0.6) is 0 Å². The molecule has 1 rings (SSSR count). The summed E-state index contributed by atoms with van der Waals surface area (Å²) in [5.41, 5.74) is 0.231. The van der Waals surface area contributed by atoms with Crippen LogP contribution in [0.3, 0.4) is 0 Å². The van der Waals surface area contributed by atoms with Crippen molar-refractivity contribution in [2.24, 2.45) is 5.41 Å². The van der Waals surface area contributed by atoms with Crippen LogP contribution in [-0.2, 0) is 13.6 Å². The number of hydrogen-bond acceptors (Lipinski definition) is 3. The van der Waals surface area contributed by atoms with Crippen LogP contribution in [0, 0.1) is 5.41 Å². The van der Waals surface area contributed by atoms with Crippen LogP contribution in [0.4, 0.5) is 0 Å². The zero-order valence-electron chi connectivity index (χ0n) is 9.41. The first kappa shape index (κ1) is 12.4. The Morgan fingerprint density at radius 2 is 1.71 bits per heavy atom. The zero-order chi connectivity index (χ0) is 10.4. The molecule has 0 N–H and O–H groups in total. The third-order valence-electron chi connectivity index (χ3n) is 2.85. The molecule has 1 saturated heterocycles. The zero-order valence-corrected chi connectivity index (χ0v) is 10.3. The molecule has 1 fully saturated rings. The Kier molecular flexibility index (Phi) is 5.32. The quantitative estimate of drug-likeness (QED) is 0.664. The highest BCUT2D eigenvalue weighted by Gasteiger charge is 2.35. The second kappa shape index (κ2) is 6.02. The van der Waals surface area contributed by atoms with Crippen molar-refractivity contribution >= 4 is 8.60 Å². The van der Waals surface area contributed by atoms with E-state index in [9.17, 15) is 0 Å². The van der Waals surface area contributed by atoms with E-state index in [0.29, 0.717) is 0 Å². The maximum atomic E-state index is 5.60. The van der Waals surface area contributed by atoms with Crippen molar-refractivity contribution in [1.82, 2.24) is 0 Å². The van der Waals surface area contributed by atoms with E-state index in [1.165, 1.54) is 0 Å². The molecule has 1 aliphatic heterocycles. The monoisotopic (exact) mass is 220 g/mol. The molecular weight excluding hydrogens is 199 g/mol. The van der Waals surface area contributed by atoms with Crippen molar-refractivity contribution < 1.29 is 13.6 Å². The Balaban J connectivity index is 2.29. The molecule has 3 nitrogen and oxygen atoms in total. The predicted molar refractivity (Wildman–Crippen MR) is 58.1 cm³/mol. The summed E-state index contributed by atoms with van der Waals surface area (Å²) in [4.78, 5) is 0. The van der Waals surface area contributed by atoms with E-state index in [2.05, 4.69) is 20.8 Å². The molecule has 0 radical (unpaired) electrons. The van der Waals surface area contributed by atoms with Crippen LogP contribution in [0.15, 0.2) is 0 Å². The molecule has 0 bridgehead atoms. The molecule has 0 aromatic heterocycles. The van der Waals surface area contributed by atoms with Crippen molar-refractivity contribution in [2.45, 2.75) is 40.0 Å². The van der Waals surface area contributed by atoms with E-state index in [1.54, 1.807) is 0 Å². The summed E-state index contributed by atoms with van der Waals surface area (Å²) in [7, 11) is -1.05. The van der Waals surface area contributed by atoms with E-state index in [0.717, 1.165) is 39.1 Å². The summed E-state index contributed by atoms with van der Waals surface area (Å²) >= 11 is 0. The molecule has 84 valence electrons. The normalized spacial score (nSPS) is 22.5. The molecule has 14 heavy (non-hydrogen) atoms. The molecule has 4 heteroatoms. The lowest BCUT2D eigenvalue weighted by Gasteiger charge is -2.37. The van der Waals surface area contributed by atoms with Crippen molar-refractivity contribution in [1.29, 1.82) is 0 Å². The summed E-state index contributed by atoms with van der Waals surface area (Å²) in [5, 5.41) is 0. The third kappa shape index (κ3) is 3.16. The lowest BCUT2D eigenvalue weighted by molar-refractivity contribution is 0.00131. The number of rotatable bonds is 5. The van der Waals surface area contributed by atoms with Gasteiger partial charge in [-0.3, -0.25) is 0 Å². The van der Waals surface area contributed by atoms with Gasteiger partial charge in [-0.15, -0.1) is 0 Å². The first-order valence-electron chi connectivity index (χ1n) is 5.45. The van der Waals surface area contributed by atoms with Crippen LogP contribution in [0.2, 0.25) is 0 Å². The summed E-state index contributed by atoms with van der Waals surface area (Å²) in [6.07, 6.45) is 3.24. The number of hydrogen-bond donors (Lipinski definition) is 0. The predicted octanol–water partition coefficient (Wildman–Crippen LogP) is 3.49. The van der Waals surface area contributed by atoms with E-state index in [-0.39, 0.29) is 5.41 Å². The lowest BCUT2D eigenvalue weighted by Crippen LogP contribution is -2.33. The molecule has 0 spiro atoms. The van der Waals surface area contributed by atoms with E-state index < -0.39 is 8.60 Å². The lowest BCUT2D eigenvalue weighted by atomic mass is 9.84. The van der Waals surface area contributed by atoms with Gasteiger partial charge < -0.3 is 13.6 Å². The van der Waals surface area contributed by atoms with Gasteiger partial charge in [0.2, 0.25) is 0 Å². The van der Waals surface area contributed by atoms with Crippen molar-refractivity contribution in [3.8, 4) is 0 Å². The molecule has 0 saturated carbocycles. The Morgan fingerprint density at radius 1 is 1.14 bits per heavy atom. The smallest absolute Gasteiger partial charge is 0.312 e. The Hall–Kier alpha value is 0.310. The highest BCUT2D eigenvalue weighted by Crippen LogP contribution is 2.48. The van der Waals surface area contributed by atoms with Crippen molar-refractivity contribution in [3.63, 3.8) is 0 Å². The van der Waals surface area contributed by atoms with Gasteiger partial charge in [0.05, 0.1) is 19.8 Å². The minimum absolute atomic E-state index is 0.231. The first-order chi connectivity index (χ1) is 6.76. The fraction of sp³-hybridized carbons (Fsp3) is 1.00. The minimum atomic E-state index is -1.05. The highest BCUT2D eigenvalue weighted by atomic mass is 31.2. The molecule has 0 aliphatic carbocycles. The summed E-state index contributed by atoms with van der Waals surface area (Å²) in [6.45, 7) is 8.77. The summed E-state index contributed by atoms with van der Waals surface area (Å²) < 4.78 is 16.6. The van der Waals surface area contributed by atoms with Crippen LogP contribution < -0.4 is 0 Å². The Morgan fingerprint density at radius 3 is 2.14 bits per heavy atom. The first-order valence-corrected chi connectivity index (χ1v) is 6.54. The second-order valence-electron chi connectivity index (χ2n) is 3.81. The highest BCUT2D eigenvalue weighted by molar-refractivity contribution is 7.41. The van der Waals surface area contributed by atoms with E-state index in [1.807, 2.05) is 0 Å². The molecule has 0 unspecified atom stereocenters. The van der Waals surface area contributed by atoms with Crippen molar-refractivity contribution in [3.05, 3.63) is 0 Å². The average Bonchev–Trinajstić information content (AvgIpc) is 2.27. The van der Waals surface area contributed by atoms with E-state index in [4.69, 9.17) is 13.6 Å². The van der Waals surface area contributed by atoms with Crippen LogP contribution in [0.1, 0.15) is 40.0 Å². The Bertz CT molecular complexity index is 149. The molecule has 0 aromatic carbocycles. The standard InChI is InChI=1S/C10H21O3P/c1-4-7-11-14-12-8-10(5-2,6-3)9-13-14/h4-9H2,1-3H3. The summed E-state index contributed by atoms with van der Waals surface area (Å²) in [6, 6.07) is 0. The molecule has 1 aliphatic rings. The van der Waals surface area contributed by atoms with Gasteiger partial charge in [0.15, 0.2) is 0 Å². The van der Waals surface area contributed by atoms with Crippen LogP contribution >= 0.6 is 8.60 Å². The topological polar surface area (TPSA) is 27.7 Å². The summed E-state index contributed by atoms with van der Waals surface area (Å²) in [5.74, 6) is 0. The van der Waals surface area contributed by atoms with Crippen LogP contribution in [0.25, 0.3) is 0 Å². The fourth-order valence-electron chi connectivity index (χ4n) is 1.36. The van der Waals surface area contributed by atoms with Gasteiger partial charge >= 0.3 is 8.60 Å². The molecule has 0 atom stereocenters. The van der Waals surface area contributed by atoms with Gasteiger partial charge in [-0.05, 0) is 19.3 Å². The minimum Gasteiger partial charge on any atom is -0.312 e. The molecular formula is C10H21O3P. The van der Waals surface area contributed by atoms with Gasteiger partial charge in [0, 0.05) is 5.41 Å². The molecule has 0 amide bonds. The second-order valence-corrected chi connectivity index (χ2v) is 5.03. The van der Waals surface area contributed by atoms with Crippen LogP contribution in [-0.4, -0.2) is 19.8 Å². The Labute approximate surface area is 88.1 Å². The van der Waals surface area contributed by atoms with Gasteiger partial charge in [0.1, 0.15) is 0 Å². The molecule has 0 aromatic rings. The van der Waals surface area contributed by atoms with E-state index >= 15 is 0 Å². The average molecular weight is 220 g/mol. The van der Waals surface area contributed by atoms with Gasteiger partial charge in [-0.1, -0.05) is 20.8 Å². The maximum absolute atomic E-state index is 5.60. The van der Waals surface area contributed by atoms with Gasteiger partial charge in [-0.2, -0.15) is 0 Å². The molecule has 1 heterocycles. The van der Waals surface area contributed by atoms with Crippen molar-refractivity contribution in [2.75, 3.05) is 19.8 Å².